The number of hydrogen-bond acceptors (Lipinski definition) is 1. The summed E-state index contributed by atoms with van der Waals surface area (Å²) in [6.45, 7) is 0. The molecule has 94 valence electrons. The van der Waals surface area contributed by atoms with Crippen LogP contribution in [-0.4, -0.2) is 12.2 Å². The van der Waals surface area contributed by atoms with Gasteiger partial charge in [0.15, 0.2) is 0 Å². The predicted octanol–water partition coefficient (Wildman–Crippen LogP) is 3.57. The van der Waals surface area contributed by atoms with Crippen molar-refractivity contribution in [1.29, 1.82) is 0 Å². The quantitative estimate of drug-likeness (QED) is 0.788. The van der Waals surface area contributed by atoms with Crippen molar-refractivity contribution in [2.24, 2.45) is 0 Å². The van der Waals surface area contributed by atoms with Crippen LogP contribution < -0.4 is 5.32 Å². The molecule has 1 fully saturated rings. The average molecular weight is 247 g/mol. The first-order valence-corrected chi connectivity index (χ1v) is 5.52. The van der Waals surface area contributed by atoms with Crippen LogP contribution in [0.4, 0.5) is 17.6 Å². The van der Waals surface area contributed by atoms with E-state index in [0.29, 0.717) is 12.8 Å². The molecule has 2 rings (SSSR count). The molecule has 1 aromatic carbocycles. The Morgan fingerprint density at radius 2 is 2.00 bits per heavy atom. The second-order valence-corrected chi connectivity index (χ2v) is 4.37. The fourth-order valence-corrected chi connectivity index (χ4v) is 2.25. The van der Waals surface area contributed by atoms with Gasteiger partial charge >= 0.3 is 6.18 Å². The lowest BCUT2D eigenvalue weighted by atomic mass is 10.1. The van der Waals surface area contributed by atoms with E-state index in [4.69, 9.17) is 0 Å². The van der Waals surface area contributed by atoms with Gasteiger partial charge in [0.25, 0.3) is 0 Å². The minimum Gasteiger partial charge on any atom is -0.307 e. The Kier molecular flexibility index (Phi) is 3.38. The number of alkyl halides is 3. The minimum atomic E-state index is -4.14. The van der Waals surface area contributed by atoms with Crippen molar-refractivity contribution in [1.82, 2.24) is 5.32 Å². The van der Waals surface area contributed by atoms with E-state index in [9.17, 15) is 17.6 Å². The van der Waals surface area contributed by atoms with E-state index in [2.05, 4.69) is 5.32 Å². The molecule has 1 nitrogen and oxygen atoms in total. The van der Waals surface area contributed by atoms with E-state index in [1.54, 1.807) is 12.1 Å². The van der Waals surface area contributed by atoms with E-state index in [0.717, 1.165) is 5.56 Å². The van der Waals surface area contributed by atoms with Crippen LogP contribution in [0, 0.1) is 5.82 Å². The van der Waals surface area contributed by atoms with Crippen LogP contribution in [0.1, 0.15) is 30.9 Å². The van der Waals surface area contributed by atoms with Crippen LogP contribution in [0.25, 0.3) is 0 Å². The van der Waals surface area contributed by atoms with Crippen LogP contribution in [0.2, 0.25) is 0 Å². The van der Waals surface area contributed by atoms with E-state index < -0.39 is 18.6 Å². The summed E-state index contributed by atoms with van der Waals surface area (Å²) in [6.07, 6.45) is -3.88. The lowest BCUT2D eigenvalue weighted by Crippen LogP contribution is -2.29. The molecule has 1 aromatic rings. The van der Waals surface area contributed by atoms with Crippen molar-refractivity contribution in [3.8, 4) is 0 Å². The lowest BCUT2D eigenvalue weighted by Gasteiger charge is -2.16. The Balaban J connectivity index is 1.98. The maximum Gasteiger partial charge on any atom is 0.390 e. The van der Waals surface area contributed by atoms with Gasteiger partial charge in [-0.15, -0.1) is 0 Å². The van der Waals surface area contributed by atoms with Crippen LogP contribution in [0.3, 0.4) is 0 Å². The van der Waals surface area contributed by atoms with Gasteiger partial charge in [-0.2, -0.15) is 13.2 Å². The molecule has 0 spiro atoms. The van der Waals surface area contributed by atoms with Gasteiger partial charge < -0.3 is 5.32 Å². The zero-order valence-electron chi connectivity index (χ0n) is 9.10. The maximum atomic E-state index is 13.0. The molecule has 1 aliphatic heterocycles. The van der Waals surface area contributed by atoms with E-state index >= 15 is 0 Å². The standard InChI is InChI=1S/C12H13F4N/c13-9-3-1-2-8(6-9)11-5-4-10(17-11)7-12(14,15)16/h1-3,6,10-11,17H,4-5,7H2. The highest BCUT2D eigenvalue weighted by Gasteiger charge is 2.35. The first-order chi connectivity index (χ1) is 7.94. The molecular weight excluding hydrogens is 234 g/mol. The number of hydrogen-bond donors (Lipinski definition) is 1. The van der Waals surface area contributed by atoms with Crippen molar-refractivity contribution in [2.75, 3.05) is 0 Å². The Hall–Kier alpha value is -1.10. The van der Waals surface area contributed by atoms with Crippen LogP contribution >= 0.6 is 0 Å². The average Bonchev–Trinajstić information content (AvgIpc) is 2.63. The number of halogens is 4. The third kappa shape index (κ3) is 3.43. The molecule has 5 heteroatoms. The molecule has 1 aliphatic rings. The van der Waals surface area contributed by atoms with Gasteiger partial charge in [0.1, 0.15) is 5.82 Å². The smallest absolute Gasteiger partial charge is 0.307 e. The molecular formula is C12H13F4N. The van der Waals surface area contributed by atoms with Crippen molar-refractivity contribution in [3.63, 3.8) is 0 Å². The monoisotopic (exact) mass is 247 g/mol. The van der Waals surface area contributed by atoms with Gasteiger partial charge in [0.05, 0.1) is 6.42 Å². The fourth-order valence-electron chi connectivity index (χ4n) is 2.25. The summed E-state index contributed by atoms with van der Waals surface area (Å²) in [5.74, 6) is -0.358. The minimum absolute atomic E-state index is 0.168. The van der Waals surface area contributed by atoms with Gasteiger partial charge in [-0.25, -0.2) is 4.39 Å². The van der Waals surface area contributed by atoms with E-state index in [1.807, 2.05) is 0 Å². The van der Waals surface area contributed by atoms with Crippen molar-refractivity contribution < 1.29 is 17.6 Å². The third-order valence-corrected chi connectivity index (χ3v) is 2.97. The molecule has 0 aliphatic carbocycles. The summed E-state index contributed by atoms with van der Waals surface area (Å²) in [5.41, 5.74) is 0.717. The Bertz CT molecular complexity index is 388. The highest BCUT2D eigenvalue weighted by atomic mass is 19.4. The van der Waals surface area contributed by atoms with E-state index in [-0.39, 0.29) is 11.9 Å². The molecule has 1 saturated heterocycles. The van der Waals surface area contributed by atoms with Crippen LogP contribution in [-0.2, 0) is 0 Å². The molecule has 0 saturated carbocycles. The Morgan fingerprint density at radius 1 is 1.24 bits per heavy atom. The second kappa shape index (κ2) is 4.64. The summed E-state index contributed by atoms with van der Waals surface area (Å²) in [7, 11) is 0. The van der Waals surface area contributed by atoms with Gasteiger partial charge in [0.2, 0.25) is 0 Å². The molecule has 2 atom stereocenters. The molecule has 0 amide bonds. The van der Waals surface area contributed by atoms with Crippen molar-refractivity contribution >= 4 is 0 Å². The highest BCUT2D eigenvalue weighted by Crippen LogP contribution is 2.32. The highest BCUT2D eigenvalue weighted by molar-refractivity contribution is 5.21. The van der Waals surface area contributed by atoms with Gasteiger partial charge in [-0.1, -0.05) is 12.1 Å². The zero-order chi connectivity index (χ0) is 12.5. The number of nitrogens with one attached hydrogen (secondary N) is 1. The molecule has 0 bridgehead atoms. The van der Waals surface area contributed by atoms with Crippen molar-refractivity contribution in [3.05, 3.63) is 35.6 Å². The SMILES string of the molecule is Fc1cccc(C2CCC(CC(F)(F)F)N2)c1. The summed E-state index contributed by atoms with van der Waals surface area (Å²) in [6, 6.07) is 5.28. The summed E-state index contributed by atoms with van der Waals surface area (Å²) in [4.78, 5) is 0. The molecule has 0 aromatic heterocycles. The topological polar surface area (TPSA) is 12.0 Å². The normalized spacial score (nSPS) is 25.2. The van der Waals surface area contributed by atoms with Crippen LogP contribution in [0.5, 0.6) is 0 Å². The van der Waals surface area contributed by atoms with Crippen LogP contribution in [0.15, 0.2) is 24.3 Å². The number of rotatable bonds is 2. The molecule has 17 heavy (non-hydrogen) atoms. The first kappa shape index (κ1) is 12.4. The fraction of sp³-hybridized carbons (Fsp3) is 0.500. The summed E-state index contributed by atoms with van der Waals surface area (Å²) in [5, 5.41) is 2.90. The largest absolute Gasteiger partial charge is 0.390 e. The third-order valence-electron chi connectivity index (χ3n) is 2.97. The van der Waals surface area contributed by atoms with E-state index in [1.165, 1.54) is 12.1 Å². The Morgan fingerprint density at radius 3 is 2.65 bits per heavy atom. The first-order valence-electron chi connectivity index (χ1n) is 5.52. The summed E-state index contributed by atoms with van der Waals surface area (Å²) < 4.78 is 49.6. The number of benzene rings is 1. The summed E-state index contributed by atoms with van der Waals surface area (Å²) >= 11 is 0. The maximum absolute atomic E-state index is 13.0. The molecule has 1 N–H and O–H groups in total. The zero-order valence-corrected chi connectivity index (χ0v) is 9.10. The molecule has 0 radical (unpaired) electrons. The lowest BCUT2D eigenvalue weighted by molar-refractivity contribution is -0.139. The Labute approximate surface area is 96.8 Å². The molecule has 1 heterocycles. The van der Waals surface area contributed by atoms with Crippen molar-refractivity contribution in [2.45, 2.75) is 37.5 Å². The predicted molar refractivity (Wildman–Crippen MR) is 56.0 cm³/mol. The van der Waals surface area contributed by atoms with Gasteiger partial charge in [-0.3, -0.25) is 0 Å². The van der Waals surface area contributed by atoms with Gasteiger partial charge in [0, 0.05) is 12.1 Å². The van der Waals surface area contributed by atoms with Gasteiger partial charge in [-0.05, 0) is 30.5 Å². The molecule has 2 unspecified atom stereocenters. The second-order valence-electron chi connectivity index (χ2n) is 4.37.